The molecule has 0 aliphatic heterocycles. The maximum absolute atomic E-state index is 10.2. The first kappa shape index (κ1) is 8.08. The second kappa shape index (κ2) is 3.39. The van der Waals surface area contributed by atoms with E-state index in [-0.39, 0.29) is 6.42 Å². The quantitative estimate of drug-likeness (QED) is 0.541. The highest BCUT2D eigenvalue weighted by molar-refractivity contribution is 6.31. The lowest BCUT2D eigenvalue weighted by Crippen LogP contribution is -1.95. The Morgan fingerprint density at radius 3 is 2.82 bits per heavy atom. The molecule has 0 radical (unpaired) electrons. The van der Waals surface area contributed by atoms with Crippen molar-refractivity contribution in [1.29, 1.82) is 0 Å². The third-order valence-electron chi connectivity index (χ3n) is 1.44. The van der Waals surface area contributed by atoms with Crippen LogP contribution in [0.25, 0.3) is 0 Å². The molecule has 0 aliphatic rings. The van der Waals surface area contributed by atoms with Gasteiger partial charge in [0, 0.05) is 22.7 Å². The van der Waals surface area contributed by atoms with Gasteiger partial charge >= 0.3 is 0 Å². The van der Waals surface area contributed by atoms with Crippen LogP contribution in [0.3, 0.4) is 0 Å². The molecule has 11 heavy (non-hydrogen) atoms. The topological polar surface area (TPSA) is 43.1 Å². The van der Waals surface area contributed by atoms with Crippen LogP contribution in [0.15, 0.2) is 18.2 Å². The molecule has 0 saturated carbocycles. The fourth-order valence-electron chi connectivity index (χ4n) is 0.874. The van der Waals surface area contributed by atoms with E-state index in [1.54, 1.807) is 18.2 Å². The monoisotopic (exact) mass is 169 g/mol. The van der Waals surface area contributed by atoms with E-state index in [1.807, 2.05) is 0 Å². The van der Waals surface area contributed by atoms with E-state index in [0.29, 0.717) is 16.3 Å². The lowest BCUT2D eigenvalue weighted by Gasteiger charge is -2.02. The molecule has 3 heteroatoms. The van der Waals surface area contributed by atoms with Crippen molar-refractivity contribution < 1.29 is 4.79 Å². The SMILES string of the molecule is Nc1cccc(Cl)c1CC=O. The summed E-state index contributed by atoms with van der Waals surface area (Å²) in [5.41, 5.74) is 6.85. The summed E-state index contributed by atoms with van der Waals surface area (Å²) < 4.78 is 0. The number of nitrogen functional groups attached to an aromatic ring is 1. The van der Waals surface area contributed by atoms with Gasteiger partial charge in [-0.05, 0) is 12.1 Å². The highest BCUT2D eigenvalue weighted by Gasteiger charge is 2.01. The highest BCUT2D eigenvalue weighted by atomic mass is 35.5. The van der Waals surface area contributed by atoms with Gasteiger partial charge in [0.25, 0.3) is 0 Å². The standard InChI is InChI=1S/C8H8ClNO/c9-7-2-1-3-8(10)6(7)4-5-11/h1-3,5H,4,10H2. The van der Waals surface area contributed by atoms with Crippen molar-refractivity contribution >= 4 is 23.6 Å². The summed E-state index contributed by atoms with van der Waals surface area (Å²) in [6, 6.07) is 5.20. The summed E-state index contributed by atoms with van der Waals surface area (Å²) in [5.74, 6) is 0. The summed E-state index contributed by atoms with van der Waals surface area (Å²) in [4.78, 5) is 10.2. The fraction of sp³-hybridized carbons (Fsp3) is 0.125. The molecule has 0 fully saturated rings. The van der Waals surface area contributed by atoms with Crippen molar-refractivity contribution in [3.05, 3.63) is 28.8 Å². The Morgan fingerprint density at radius 1 is 1.55 bits per heavy atom. The van der Waals surface area contributed by atoms with Crippen LogP contribution >= 0.6 is 11.6 Å². The average molecular weight is 170 g/mol. The van der Waals surface area contributed by atoms with Crippen molar-refractivity contribution in [3.63, 3.8) is 0 Å². The number of benzene rings is 1. The van der Waals surface area contributed by atoms with E-state index in [4.69, 9.17) is 17.3 Å². The summed E-state index contributed by atoms with van der Waals surface area (Å²) in [6.07, 6.45) is 1.07. The molecule has 2 nitrogen and oxygen atoms in total. The van der Waals surface area contributed by atoms with Gasteiger partial charge in [-0.1, -0.05) is 17.7 Å². The lowest BCUT2D eigenvalue weighted by molar-refractivity contribution is -0.107. The number of hydrogen-bond donors (Lipinski definition) is 1. The number of carbonyl (C=O) groups is 1. The molecule has 0 aliphatic carbocycles. The minimum absolute atomic E-state index is 0.283. The van der Waals surface area contributed by atoms with Crippen LogP contribution in [0.2, 0.25) is 5.02 Å². The molecule has 1 aromatic carbocycles. The van der Waals surface area contributed by atoms with Crippen molar-refractivity contribution in [2.45, 2.75) is 6.42 Å². The van der Waals surface area contributed by atoms with Crippen molar-refractivity contribution in [3.8, 4) is 0 Å². The van der Waals surface area contributed by atoms with Crippen LogP contribution in [0.4, 0.5) is 5.69 Å². The molecule has 0 aromatic heterocycles. The van der Waals surface area contributed by atoms with Crippen LogP contribution in [-0.4, -0.2) is 6.29 Å². The number of halogens is 1. The highest BCUT2D eigenvalue weighted by Crippen LogP contribution is 2.21. The Hall–Kier alpha value is -1.02. The van der Waals surface area contributed by atoms with Crippen LogP contribution < -0.4 is 5.73 Å². The predicted octanol–water partition coefficient (Wildman–Crippen LogP) is 1.66. The van der Waals surface area contributed by atoms with Crippen LogP contribution in [-0.2, 0) is 11.2 Å². The maximum atomic E-state index is 10.2. The normalized spacial score (nSPS) is 9.55. The van der Waals surface area contributed by atoms with Crippen LogP contribution in [0, 0.1) is 0 Å². The number of rotatable bonds is 2. The first-order valence-corrected chi connectivity index (χ1v) is 3.60. The Bertz CT molecular complexity index is 253. The zero-order chi connectivity index (χ0) is 8.27. The zero-order valence-electron chi connectivity index (χ0n) is 5.88. The van der Waals surface area contributed by atoms with Gasteiger partial charge in [-0.2, -0.15) is 0 Å². The third kappa shape index (κ3) is 1.71. The lowest BCUT2D eigenvalue weighted by atomic mass is 10.1. The predicted molar refractivity (Wildman–Crippen MR) is 45.6 cm³/mol. The van der Waals surface area contributed by atoms with Gasteiger partial charge in [0.05, 0.1) is 0 Å². The molecule has 0 unspecified atom stereocenters. The number of nitrogens with two attached hydrogens (primary N) is 1. The van der Waals surface area contributed by atoms with Crippen molar-refractivity contribution in [1.82, 2.24) is 0 Å². The summed E-state index contributed by atoms with van der Waals surface area (Å²) in [7, 11) is 0. The molecule has 1 aromatic rings. The molecule has 0 spiro atoms. The smallest absolute Gasteiger partial charge is 0.124 e. The van der Waals surface area contributed by atoms with Gasteiger partial charge < -0.3 is 10.5 Å². The average Bonchev–Trinajstić information content (AvgIpc) is 1.97. The minimum atomic E-state index is 0.283. The Labute approximate surface area is 70.0 Å². The second-order valence-corrected chi connectivity index (χ2v) is 2.59. The van der Waals surface area contributed by atoms with Gasteiger partial charge in [0.1, 0.15) is 6.29 Å². The van der Waals surface area contributed by atoms with Crippen LogP contribution in [0.1, 0.15) is 5.56 Å². The molecule has 1 rings (SSSR count). The van der Waals surface area contributed by atoms with E-state index in [2.05, 4.69) is 0 Å². The molecule has 58 valence electrons. The number of anilines is 1. The summed E-state index contributed by atoms with van der Waals surface area (Å²) >= 11 is 5.77. The first-order valence-electron chi connectivity index (χ1n) is 3.22. The van der Waals surface area contributed by atoms with E-state index in [1.165, 1.54) is 0 Å². The summed E-state index contributed by atoms with van der Waals surface area (Å²) in [5, 5.41) is 0.553. The van der Waals surface area contributed by atoms with E-state index in [0.717, 1.165) is 6.29 Å². The zero-order valence-corrected chi connectivity index (χ0v) is 6.64. The molecule has 2 N–H and O–H groups in total. The molecule has 0 atom stereocenters. The molecule has 0 bridgehead atoms. The van der Waals surface area contributed by atoms with Gasteiger partial charge in [-0.25, -0.2) is 0 Å². The van der Waals surface area contributed by atoms with Crippen molar-refractivity contribution in [2.24, 2.45) is 0 Å². The molecular formula is C8H8ClNO. The Kier molecular flexibility index (Phi) is 2.49. The number of hydrogen-bond acceptors (Lipinski definition) is 2. The fourth-order valence-corrected chi connectivity index (χ4v) is 1.13. The largest absolute Gasteiger partial charge is 0.398 e. The van der Waals surface area contributed by atoms with Gasteiger partial charge in [-0.3, -0.25) is 0 Å². The number of carbonyl (C=O) groups excluding carboxylic acids is 1. The molecule has 0 amide bonds. The molecular weight excluding hydrogens is 162 g/mol. The maximum Gasteiger partial charge on any atom is 0.124 e. The van der Waals surface area contributed by atoms with Gasteiger partial charge in [0.15, 0.2) is 0 Å². The van der Waals surface area contributed by atoms with Gasteiger partial charge in [0.2, 0.25) is 0 Å². The molecule has 0 saturated heterocycles. The molecule has 0 heterocycles. The van der Waals surface area contributed by atoms with Gasteiger partial charge in [-0.15, -0.1) is 0 Å². The minimum Gasteiger partial charge on any atom is -0.398 e. The van der Waals surface area contributed by atoms with Crippen molar-refractivity contribution in [2.75, 3.05) is 5.73 Å². The number of aldehydes is 1. The third-order valence-corrected chi connectivity index (χ3v) is 1.80. The van der Waals surface area contributed by atoms with E-state index in [9.17, 15) is 4.79 Å². The van der Waals surface area contributed by atoms with E-state index >= 15 is 0 Å². The second-order valence-electron chi connectivity index (χ2n) is 2.18. The Balaban J connectivity index is 3.09. The Morgan fingerprint density at radius 2 is 2.27 bits per heavy atom. The summed E-state index contributed by atoms with van der Waals surface area (Å²) in [6.45, 7) is 0. The first-order chi connectivity index (χ1) is 5.25. The van der Waals surface area contributed by atoms with E-state index < -0.39 is 0 Å². The van der Waals surface area contributed by atoms with Crippen LogP contribution in [0.5, 0.6) is 0 Å².